The van der Waals surface area contributed by atoms with Crippen LogP contribution in [0.1, 0.15) is 29.7 Å². The van der Waals surface area contributed by atoms with Crippen LogP contribution >= 0.6 is 23.2 Å². The van der Waals surface area contributed by atoms with Gasteiger partial charge in [-0.05, 0) is 43.3 Å². The lowest BCUT2D eigenvalue weighted by Gasteiger charge is -2.27. The van der Waals surface area contributed by atoms with Gasteiger partial charge in [0.05, 0.1) is 38.1 Å². The summed E-state index contributed by atoms with van der Waals surface area (Å²) in [6.45, 7) is 5.70. The number of carbonyl (C=O) groups excluding carboxylic acids is 2. The van der Waals surface area contributed by atoms with Gasteiger partial charge in [-0.1, -0.05) is 48.0 Å². The van der Waals surface area contributed by atoms with Gasteiger partial charge in [0.1, 0.15) is 30.0 Å². The molecule has 0 heterocycles. The van der Waals surface area contributed by atoms with Crippen LogP contribution in [0, 0.1) is 0 Å². The molecule has 0 spiro atoms. The Labute approximate surface area is 249 Å². The van der Waals surface area contributed by atoms with Gasteiger partial charge in [-0.2, -0.15) is 0 Å². The summed E-state index contributed by atoms with van der Waals surface area (Å²) in [6, 6.07) is 15.0. The number of aliphatic hydroxyl groups excluding tert-OH is 1. The van der Waals surface area contributed by atoms with Gasteiger partial charge >= 0.3 is 5.97 Å². The molecule has 0 radical (unpaired) electrons. The molecule has 3 aromatic carbocycles. The van der Waals surface area contributed by atoms with E-state index in [2.05, 4.69) is 6.58 Å². The Kier molecular flexibility index (Phi) is 11.6. The Morgan fingerprint density at radius 1 is 1.00 bits per heavy atom. The number of hydrogen-bond acceptors (Lipinski definition) is 7. The quantitative estimate of drug-likeness (QED) is 0.140. The molecular weight excluding hydrogens is 569 g/mol. The molecule has 0 bridgehead atoms. The van der Waals surface area contributed by atoms with Crippen LogP contribution in [0.5, 0.6) is 17.2 Å². The zero-order valence-corrected chi connectivity index (χ0v) is 24.4. The van der Waals surface area contributed by atoms with Crippen LogP contribution in [0.15, 0.2) is 79.4 Å². The summed E-state index contributed by atoms with van der Waals surface area (Å²) in [5, 5.41) is 12.1. The Hall–Kier alpha value is -3.98. The highest BCUT2D eigenvalue weighted by molar-refractivity contribution is 6.33. The van der Waals surface area contributed by atoms with Crippen LogP contribution in [0.2, 0.25) is 10.0 Å². The van der Waals surface area contributed by atoms with Crippen LogP contribution in [0.4, 0.5) is 5.69 Å². The number of carbonyl (C=O) groups is 2. The molecule has 0 aliphatic rings. The molecule has 3 aromatic rings. The van der Waals surface area contributed by atoms with Crippen LogP contribution in [0.25, 0.3) is 0 Å². The van der Waals surface area contributed by atoms with Gasteiger partial charge in [-0.3, -0.25) is 4.79 Å². The zero-order valence-electron chi connectivity index (χ0n) is 22.9. The number of benzene rings is 3. The number of nitrogens with zero attached hydrogens (tertiary/aromatic N) is 1. The first-order valence-corrected chi connectivity index (χ1v) is 13.4. The van der Waals surface area contributed by atoms with Crippen LogP contribution in [-0.4, -0.2) is 44.4 Å². The highest BCUT2D eigenvalue weighted by Crippen LogP contribution is 2.40. The van der Waals surface area contributed by atoms with Crippen LogP contribution < -0.4 is 19.1 Å². The number of rotatable bonds is 13. The fraction of sp³-hybridized carbons (Fsp3) is 0.226. The average molecular weight is 600 g/mol. The maximum atomic E-state index is 13.6. The van der Waals surface area contributed by atoms with Gasteiger partial charge in [0.2, 0.25) is 0 Å². The molecule has 8 nitrogen and oxygen atoms in total. The predicted molar refractivity (Wildman–Crippen MR) is 159 cm³/mol. The molecule has 0 aliphatic carbocycles. The molecule has 216 valence electrons. The Bertz CT molecular complexity index is 1420. The van der Waals surface area contributed by atoms with E-state index in [1.165, 1.54) is 19.1 Å². The summed E-state index contributed by atoms with van der Waals surface area (Å²) in [5.41, 5.74) is 1.60. The van der Waals surface area contributed by atoms with E-state index in [1.807, 2.05) is 0 Å². The molecule has 0 aromatic heterocycles. The smallest absolute Gasteiger partial charge is 0.330 e. The van der Waals surface area contributed by atoms with E-state index >= 15 is 0 Å². The number of aliphatic hydroxyl groups is 1. The molecule has 0 fully saturated rings. The minimum atomic E-state index is -1.30. The number of methoxy groups -OCH3 is 2. The van der Waals surface area contributed by atoms with Gasteiger partial charge in [0, 0.05) is 39.9 Å². The summed E-state index contributed by atoms with van der Waals surface area (Å²) in [5.74, 6) is 0.187. The van der Waals surface area contributed by atoms with Gasteiger partial charge in [0.25, 0.3) is 5.91 Å². The molecule has 0 saturated heterocycles. The van der Waals surface area contributed by atoms with Gasteiger partial charge in [-0.25, -0.2) is 4.79 Å². The third-order valence-electron chi connectivity index (χ3n) is 5.96. The van der Waals surface area contributed by atoms with E-state index in [0.717, 1.165) is 12.2 Å². The Balaban J connectivity index is 2.14. The zero-order chi connectivity index (χ0) is 29.9. The normalized spacial score (nSPS) is 11.6. The van der Waals surface area contributed by atoms with E-state index in [1.54, 1.807) is 67.6 Å². The topological polar surface area (TPSA) is 94.5 Å². The molecule has 1 amide bonds. The van der Waals surface area contributed by atoms with Crippen molar-refractivity contribution in [2.24, 2.45) is 0 Å². The van der Waals surface area contributed by atoms with E-state index in [0.29, 0.717) is 44.6 Å². The molecule has 0 aliphatic heterocycles. The molecule has 3 rings (SSSR count). The highest BCUT2D eigenvalue weighted by Gasteiger charge is 2.26. The number of ether oxygens (including phenoxy) is 4. The molecule has 41 heavy (non-hydrogen) atoms. The Morgan fingerprint density at radius 3 is 2.46 bits per heavy atom. The first-order chi connectivity index (χ1) is 19.7. The monoisotopic (exact) mass is 599 g/mol. The van der Waals surface area contributed by atoms with Gasteiger partial charge in [0.15, 0.2) is 0 Å². The van der Waals surface area contributed by atoms with Crippen molar-refractivity contribution < 1.29 is 33.6 Å². The second-order valence-corrected chi connectivity index (χ2v) is 9.37. The molecular formula is C31H31Cl2NO7. The van der Waals surface area contributed by atoms with Crippen molar-refractivity contribution in [1.82, 2.24) is 0 Å². The molecule has 1 N–H and O–H groups in total. The number of anilines is 1. The van der Waals surface area contributed by atoms with Crippen molar-refractivity contribution in [3.05, 3.63) is 106 Å². The average Bonchev–Trinajstić information content (AvgIpc) is 2.98. The highest BCUT2D eigenvalue weighted by atomic mass is 35.5. The van der Waals surface area contributed by atoms with Crippen molar-refractivity contribution in [3.63, 3.8) is 0 Å². The van der Waals surface area contributed by atoms with E-state index < -0.39 is 18.0 Å². The van der Waals surface area contributed by atoms with Gasteiger partial charge < -0.3 is 29.0 Å². The predicted octanol–water partition coefficient (Wildman–Crippen LogP) is 6.31. The summed E-state index contributed by atoms with van der Waals surface area (Å²) in [4.78, 5) is 27.0. The second kappa shape index (κ2) is 15.1. The van der Waals surface area contributed by atoms with E-state index in [4.69, 9.17) is 42.1 Å². The van der Waals surface area contributed by atoms with E-state index in [-0.39, 0.29) is 24.8 Å². The first kappa shape index (κ1) is 31.5. The first-order valence-electron chi connectivity index (χ1n) is 12.6. The maximum absolute atomic E-state index is 13.6. The largest absolute Gasteiger partial charge is 0.497 e. The fourth-order valence-electron chi connectivity index (χ4n) is 4.01. The van der Waals surface area contributed by atoms with Crippen molar-refractivity contribution >= 4 is 40.8 Å². The second-order valence-electron chi connectivity index (χ2n) is 8.55. The van der Waals surface area contributed by atoms with Crippen molar-refractivity contribution in [2.45, 2.75) is 19.6 Å². The standard InChI is InChI=1S/C31H31Cl2NO7/c1-5-16-41-26-9-7-8-23(30(26)33)31(37)24-17-21(32)11-13-25(24)34(28(35)14-15-29(36)40-6-2)19-20-10-12-22(38-3)18-27(20)39-4/h5,7-15,17-18,31,37H,1,6,16,19H2,2-4H3/b15-14+/t31-/m1/s1. The maximum Gasteiger partial charge on any atom is 0.330 e. The fourth-order valence-corrected chi connectivity index (χ4v) is 4.48. The van der Waals surface area contributed by atoms with E-state index in [9.17, 15) is 14.7 Å². The summed E-state index contributed by atoms with van der Waals surface area (Å²) < 4.78 is 21.4. The summed E-state index contributed by atoms with van der Waals surface area (Å²) >= 11 is 13.0. The number of amides is 1. The lowest BCUT2D eigenvalue weighted by atomic mass is 9.98. The minimum Gasteiger partial charge on any atom is -0.497 e. The van der Waals surface area contributed by atoms with Crippen LogP contribution in [0.3, 0.4) is 0 Å². The summed E-state index contributed by atoms with van der Waals surface area (Å²) in [6.07, 6.45) is 2.43. The van der Waals surface area contributed by atoms with Crippen molar-refractivity contribution in [1.29, 1.82) is 0 Å². The van der Waals surface area contributed by atoms with Crippen molar-refractivity contribution in [2.75, 3.05) is 32.3 Å². The third kappa shape index (κ3) is 8.04. The summed E-state index contributed by atoms with van der Waals surface area (Å²) in [7, 11) is 3.04. The third-order valence-corrected chi connectivity index (χ3v) is 6.60. The lowest BCUT2D eigenvalue weighted by molar-refractivity contribution is -0.137. The minimum absolute atomic E-state index is 0.0107. The van der Waals surface area contributed by atoms with Gasteiger partial charge in [-0.15, -0.1) is 0 Å². The number of halogens is 2. The van der Waals surface area contributed by atoms with Crippen LogP contribution in [-0.2, 0) is 20.9 Å². The molecule has 10 heteroatoms. The molecule has 0 saturated carbocycles. The lowest BCUT2D eigenvalue weighted by Crippen LogP contribution is -2.30. The number of esters is 1. The number of hydrogen-bond donors (Lipinski definition) is 1. The molecule has 1 atom stereocenters. The SMILES string of the molecule is C=CCOc1cccc([C@@H](O)c2cc(Cl)ccc2N(Cc2ccc(OC)cc2OC)C(=O)/C=C/C(=O)OCC)c1Cl. The Morgan fingerprint density at radius 2 is 1.78 bits per heavy atom. The van der Waals surface area contributed by atoms with Crippen molar-refractivity contribution in [3.8, 4) is 17.2 Å². The molecule has 0 unspecified atom stereocenters.